The third-order valence-corrected chi connectivity index (χ3v) is 9.80. The number of unbranched alkanes of at least 4 members (excludes halogenated alkanes) is 1. The van der Waals surface area contributed by atoms with Crippen molar-refractivity contribution in [3.63, 3.8) is 0 Å². The Labute approximate surface area is 199 Å². The van der Waals surface area contributed by atoms with Gasteiger partial charge in [-0.2, -0.15) is 5.10 Å². The van der Waals surface area contributed by atoms with Crippen LogP contribution in [0.1, 0.15) is 106 Å². The number of nitrogens with zero attached hydrogens (tertiary/aromatic N) is 1. The molecule has 0 amide bonds. The Hall–Kier alpha value is 0.130. The van der Waals surface area contributed by atoms with Gasteiger partial charge in [-0.15, -0.1) is 0 Å². The molecule has 1 N–H and O–H groups in total. The van der Waals surface area contributed by atoms with Crippen molar-refractivity contribution in [1.29, 1.82) is 0 Å². The maximum absolute atomic E-state index is 5.25. The van der Waals surface area contributed by atoms with Gasteiger partial charge in [-0.3, -0.25) is 5.10 Å². The highest BCUT2D eigenvalue weighted by Gasteiger charge is 2.39. The molecule has 1 aliphatic carbocycles. The molecule has 0 radical (unpaired) electrons. The van der Waals surface area contributed by atoms with Gasteiger partial charge in [0.15, 0.2) is 8.29 Å². The number of thioether (sulfide) groups is 1. The normalized spacial score (nSPS) is 23.6. The topological polar surface area (TPSA) is 28.7 Å². The summed E-state index contributed by atoms with van der Waals surface area (Å²) >= 11 is 8.84. The summed E-state index contributed by atoms with van der Waals surface area (Å²) in [6, 6.07) is 0. The number of rotatable bonds is 14. The molecule has 0 aliphatic heterocycles. The Morgan fingerprint density at radius 2 is 1.77 bits per heavy atom. The van der Waals surface area contributed by atoms with Crippen LogP contribution in [0.5, 0.6) is 0 Å². The van der Waals surface area contributed by atoms with E-state index < -0.39 is 0 Å². The molecule has 1 heterocycles. The zero-order valence-electron chi connectivity index (χ0n) is 20.3. The second-order valence-corrected chi connectivity index (χ2v) is 13.7. The van der Waals surface area contributed by atoms with E-state index in [2.05, 4.69) is 51.7 Å². The van der Waals surface area contributed by atoms with Crippen LogP contribution >= 0.6 is 35.3 Å². The Balaban J connectivity index is 2.04. The maximum atomic E-state index is 5.25. The third kappa shape index (κ3) is 8.58. The smallest absolute Gasteiger partial charge is 0.177 e. The van der Waals surface area contributed by atoms with Gasteiger partial charge in [0.25, 0.3) is 0 Å². The number of H-pyrrole nitrogens is 1. The average molecular weight is 471 g/mol. The van der Waals surface area contributed by atoms with E-state index in [0.717, 1.165) is 43.8 Å². The molecule has 2 rings (SSSR count). The van der Waals surface area contributed by atoms with E-state index >= 15 is 0 Å². The number of hydrogen-bond acceptors (Lipinski definition) is 4. The molecule has 2 nitrogen and oxygen atoms in total. The quantitative estimate of drug-likeness (QED) is 0.167. The van der Waals surface area contributed by atoms with Crippen LogP contribution in [-0.4, -0.2) is 15.4 Å². The maximum Gasteiger partial charge on any atom is 0.177 e. The highest BCUT2D eigenvalue weighted by molar-refractivity contribution is 8.01. The Morgan fingerprint density at radius 3 is 2.40 bits per heavy atom. The SMILES string of the molecule is CCCC(C)CC(C(C)CCCCC(C)C)C1CCCC1C(C)Sc1n[nH]c(=S)s1. The first kappa shape index (κ1) is 26.4. The molecule has 0 bridgehead atoms. The molecule has 6 unspecified atom stereocenters. The molecular formula is C25H46N2S3. The summed E-state index contributed by atoms with van der Waals surface area (Å²) in [6.45, 7) is 14.6. The highest BCUT2D eigenvalue weighted by atomic mass is 32.2. The molecule has 5 heteroatoms. The summed E-state index contributed by atoms with van der Waals surface area (Å²) in [5, 5.41) is 8.01. The van der Waals surface area contributed by atoms with Crippen LogP contribution < -0.4 is 0 Å². The highest BCUT2D eigenvalue weighted by Crippen LogP contribution is 2.48. The molecule has 0 saturated heterocycles. The van der Waals surface area contributed by atoms with Gasteiger partial charge in [0.2, 0.25) is 0 Å². The van der Waals surface area contributed by atoms with Crippen molar-refractivity contribution >= 4 is 35.3 Å². The van der Waals surface area contributed by atoms with Gasteiger partial charge in [0.05, 0.1) is 0 Å². The molecule has 1 aliphatic rings. The van der Waals surface area contributed by atoms with Crippen LogP contribution in [0.3, 0.4) is 0 Å². The van der Waals surface area contributed by atoms with Crippen molar-refractivity contribution in [2.45, 2.75) is 115 Å². The minimum Gasteiger partial charge on any atom is -0.257 e. The fraction of sp³-hybridized carbons (Fsp3) is 0.920. The zero-order chi connectivity index (χ0) is 22.1. The van der Waals surface area contributed by atoms with Gasteiger partial charge in [-0.25, -0.2) is 0 Å². The van der Waals surface area contributed by atoms with Crippen LogP contribution in [0.2, 0.25) is 0 Å². The molecule has 30 heavy (non-hydrogen) atoms. The first-order valence-corrected chi connectivity index (χ1v) is 14.6. The van der Waals surface area contributed by atoms with E-state index in [4.69, 9.17) is 12.2 Å². The number of aromatic nitrogens is 2. The van der Waals surface area contributed by atoms with E-state index in [9.17, 15) is 0 Å². The Kier molecular flexibility index (Phi) is 12.0. The minimum absolute atomic E-state index is 0.628. The lowest BCUT2D eigenvalue weighted by molar-refractivity contribution is 0.148. The van der Waals surface area contributed by atoms with Crippen molar-refractivity contribution in [1.82, 2.24) is 10.2 Å². The lowest BCUT2D eigenvalue weighted by Crippen LogP contribution is -2.30. The molecule has 0 aromatic carbocycles. The molecule has 174 valence electrons. The standard InChI is InChI=1S/C25H46N2S3/c1-7-11-18(4)16-23(19(5)13-9-8-12-17(2)3)22-15-10-14-21(22)20(6)29-25-27-26-24(28)30-25/h17-23H,7-16H2,1-6H3,(H,26,28). The Bertz CT molecular complexity index is 638. The summed E-state index contributed by atoms with van der Waals surface area (Å²) in [4.78, 5) is 0. The minimum atomic E-state index is 0.628. The summed E-state index contributed by atoms with van der Waals surface area (Å²) in [7, 11) is 0. The van der Waals surface area contributed by atoms with Crippen molar-refractivity contribution in [3.05, 3.63) is 3.95 Å². The third-order valence-electron chi connectivity index (χ3n) is 7.36. The van der Waals surface area contributed by atoms with Crippen molar-refractivity contribution in [2.75, 3.05) is 0 Å². The molecule has 1 aromatic rings. The van der Waals surface area contributed by atoms with Gasteiger partial charge < -0.3 is 0 Å². The van der Waals surface area contributed by atoms with Gasteiger partial charge in [0.1, 0.15) is 0 Å². The van der Waals surface area contributed by atoms with Gasteiger partial charge in [-0.05, 0) is 67.0 Å². The van der Waals surface area contributed by atoms with Crippen molar-refractivity contribution in [2.24, 2.45) is 35.5 Å². The lowest BCUT2D eigenvalue weighted by Gasteiger charge is -2.37. The van der Waals surface area contributed by atoms with Crippen LogP contribution in [0.4, 0.5) is 0 Å². The number of nitrogens with one attached hydrogen (secondary N) is 1. The molecule has 1 fully saturated rings. The van der Waals surface area contributed by atoms with E-state index in [1.807, 2.05) is 11.8 Å². The molecule has 1 saturated carbocycles. The fourth-order valence-corrected chi connectivity index (χ4v) is 8.39. The summed E-state index contributed by atoms with van der Waals surface area (Å²) < 4.78 is 1.92. The van der Waals surface area contributed by atoms with Gasteiger partial charge >= 0.3 is 0 Å². The molecule has 0 spiro atoms. The lowest BCUT2D eigenvalue weighted by atomic mass is 9.70. The molecule has 1 aromatic heterocycles. The fourth-order valence-electron chi connectivity index (χ4n) is 5.78. The predicted molar refractivity (Wildman–Crippen MR) is 138 cm³/mol. The van der Waals surface area contributed by atoms with E-state index in [1.54, 1.807) is 11.3 Å². The predicted octanol–water partition coefficient (Wildman–Crippen LogP) is 9.39. The zero-order valence-corrected chi connectivity index (χ0v) is 22.7. The number of aromatic amines is 1. The van der Waals surface area contributed by atoms with Gasteiger partial charge in [-0.1, -0.05) is 110 Å². The van der Waals surface area contributed by atoms with Crippen LogP contribution in [0, 0.1) is 39.5 Å². The van der Waals surface area contributed by atoms with Crippen LogP contribution in [0.25, 0.3) is 0 Å². The van der Waals surface area contributed by atoms with E-state index in [-0.39, 0.29) is 0 Å². The van der Waals surface area contributed by atoms with Crippen molar-refractivity contribution in [3.8, 4) is 0 Å². The average Bonchev–Trinajstić information content (AvgIpc) is 3.32. The first-order valence-electron chi connectivity index (χ1n) is 12.5. The summed E-state index contributed by atoms with van der Waals surface area (Å²) in [5.41, 5.74) is 0. The summed E-state index contributed by atoms with van der Waals surface area (Å²) in [5.74, 6) is 5.16. The second-order valence-electron chi connectivity index (χ2n) is 10.4. The van der Waals surface area contributed by atoms with Crippen molar-refractivity contribution < 1.29 is 0 Å². The van der Waals surface area contributed by atoms with Gasteiger partial charge in [0, 0.05) is 5.25 Å². The van der Waals surface area contributed by atoms with E-state index in [0.29, 0.717) is 5.25 Å². The second kappa shape index (κ2) is 13.6. The molecule has 6 atom stereocenters. The number of hydrogen-bond donors (Lipinski definition) is 1. The monoisotopic (exact) mass is 470 g/mol. The molecular weight excluding hydrogens is 424 g/mol. The largest absolute Gasteiger partial charge is 0.257 e. The van der Waals surface area contributed by atoms with Crippen LogP contribution in [-0.2, 0) is 0 Å². The first-order chi connectivity index (χ1) is 14.3. The van der Waals surface area contributed by atoms with E-state index in [1.165, 1.54) is 64.2 Å². The Morgan fingerprint density at radius 1 is 1.07 bits per heavy atom. The van der Waals surface area contributed by atoms with Crippen LogP contribution in [0.15, 0.2) is 4.34 Å². The summed E-state index contributed by atoms with van der Waals surface area (Å²) in [6.07, 6.45) is 14.0.